The third-order valence-corrected chi connectivity index (χ3v) is 4.84. The minimum absolute atomic E-state index is 0.117. The molecule has 0 aliphatic heterocycles. The van der Waals surface area contributed by atoms with Gasteiger partial charge < -0.3 is 5.32 Å². The predicted octanol–water partition coefficient (Wildman–Crippen LogP) is 6.86. The van der Waals surface area contributed by atoms with E-state index >= 15 is 0 Å². The van der Waals surface area contributed by atoms with E-state index in [0.29, 0.717) is 10.0 Å². The fourth-order valence-corrected chi connectivity index (χ4v) is 4.37. The Hall–Kier alpha value is -1.71. The summed E-state index contributed by atoms with van der Waals surface area (Å²) < 4.78 is 1.98. The van der Waals surface area contributed by atoms with Crippen molar-refractivity contribution in [1.29, 1.82) is 0 Å². The zero-order chi connectivity index (χ0) is 19.8. The molecule has 1 aromatic carbocycles. The van der Waals surface area contributed by atoms with E-state index < -0.39 is 0 Å². The summed E-state index contributed by atoms with van der Waals surface area (Å²) in [6.45, 7) is 11.2. The van der Waals surface area contributed by atoms with Crippen molar-refractivity contribution in [3.8, 4) is 0 Å². The molecular weight excluding hydrogens is 377 g/mol. The van der Waals surface area contributed by atoms with Crippen LogP contribution in [0.1, 0.15) is 52.3 Å². The summed E-state index contributed by atoms with van der Waals surface area (Å²) >= 11 is 12.7. The van der Waals surface area contributed by atoms with Gasteiger partial charge in [-0.2, -0.15) is 0 Å². The molecule has 3 nitrogen and oxygen atoms in total. The maximum atomic E-state index is 6.43. The monoisotopic (exact) mass is 403 g/mol. The number of imidazole rings is 1. The quantitative estimate of drug-likeness (QED) is 0.503. The van der Waals surface area contributed by atoms with Gasteiger partial charge in [-0.3, -0.25) is 4.40 Å². The van der Waals surface area contributed by atoms with Gasteiger partial charge in [0, 0.05) is 18.2 Å². The van der Waals surface area contributed by atoms with Crippen LogP contribution in [0.15, 0.2) is 42.6 Å². The second-order valence-corrected chi connectivity index (χ2v) is 9.86. The van der Waals surface area contributed by atoms with Crippen LogP contribution in [-0.4, -0.2) is 14.9 Å². The summed E-state index contributed by atoms with van der Waals surface area (Å²) in [5, 5.41) is 4.87. The molecule has 0 bridgehead atoms. The molecule has 0 aliphatic rings. The number of halogens is 2. The molecule has 27 heavy (non-hydrogen) atoms. The Morgan fingerprint density at radius 2 is 1.70 bits per heavy atom. The Kier molecular flexibility index (Phi) is 5.47. The summed E-state index contributed by atoms with van der Waals surface area (Å²) in [5.41, 5.74) is 2.98. The summed E-state index contributed by atoms with van der Waals surface area (Å²) in [7, 11) is 0. The van der Waals surface area contributed by atoms with Crippen LogP contribution < -0.4 is 5.32 Å². The Morgan fingerprint density at radius 3 is 2.33 bits per heavy atom. The van der Waals surface area contributed by atoms with Gasteiger partial charge in [-0.15, -0.1) is 0 Å². The van der Waals surface area contributed by atoms with Crippen molar-refractivity contribution in [3.05, 3.63) is 63.9 Å². The fourth-order valence-electron chi connectivity index (χ4n) is 3.86. The maximum Gasteiger partial charge on any atom is 0.157 e. The first-order valence-electron chi connectivity index (χ1n) is 9.22. The molecule has 144 valence electrons. The molecule has 1 N–H and O–H groups in total. The van der Waals surface area contributed by atoms with Gasteiger partial charge in [0.05, 0.1) is 15.7 Å². The van der Waals surface area contributed by atoms with Crippen molar-refractivity contribution in [2.45, 2.75) is 53.0 Å². The highest BCUT2D eigenvalue weighted by Gasteiger charge is 2.28. The SMILES string of the molecule is CC(C)(C)CC(C)(C)Nc1c(Cc2ccccc2)nc2c(Cl)cc(Cl)cn12. The van der Waals surface area contributed by atoms with E-state index in [9.17, 15) is 0 Å². The average molecular weight is 404 g/mol. The molecular formula is C22H27Cl2N3. The zero-order valence-electron chi connectivity index (χ0n) is 16.6. The van der Waals surface area contributed by atoms with Crippen LogP contribution >= 0.6 is 23.2 Å². The molecule has 0 spiro atoms. The van der Waals surface area contributed by atoms with Crippen molar-refractivity contribution in [2.24, 2.45) is 5.41 Å². The van der Waals surface area contributed by atoms with Crippen LogP contribution in [0.3, 0.4) is 0 Å². The standard InChI is InChI=1S/C22H27Cl2N3/c1-21(2,3)14-22(4,5)26-20-18(11-15-9-7-6-8-10-15)25-19-17(24)12-16(23)13-27(19)20/h6-10,12-13,26H,11,14H2,1-5H3. The largest absolute Gasteiger partial charge is 0.365 e. The normalized spacial score (nSPS) is 12.6. The van der Waals surface area contributed by atoms with Gasteiger partial charge in [-0.25, -0.2) is 4.98 Å². The van der Waals surface area contributed by atoms with Crippen LogP contribution in [0.2, 0.25) is 10.0 Å². The van der Waals surface area contributed by atoms with E-state index in [1.165, 1.54) is 5.56 Å². The van der Waals surface area contributed by atoms with Crippen LogP contribution in [0.25, 0.3) is 5.65 Å². The maximum absolute atomic E-state index is 6.43. The lowest BCUT2D eigenvalue weighted by atomic mass is 9.82. The van der Waals surface area contributed by atoms with Crippen molar-refractivity contribution in [2.75, 3.05) is 5.32 Å². The van der Waals surface area contributed by atoms with Gasteiger partial charge in [-0.1, -0.05) is 74.3 Å². The first-order chi connectivity index (χ1) is 12.5. The zero-order valence-corrected chi connectivity index (χ0v) is 18.1. The summed E-state index contributed by atoms with van der Waals surface area (Å²) in [5.74, 6) is 0.951. The predicted molar refractivity (Wildman–Crippen MR) is 116 cm³/mol. The second kappa shape index (κ2) is 7.37. The number of anilines is 1. The number of rotatable bonds is 5. The number of nitrogens with zero attached hydrogens (tertiary/aromatic N) is 2. The number of pyridine rings is 1. The molecule has 0 atom stereocenters. The van der Waals surface area contributed by atoms with Gasteiger partial charge in [0.15, 0.2) is 5.65 Å². The molecule has 0 amide bonds. The number of benzene rings is 1. The van der Waals surface area contributed by atoms with E-state index in [-0.39, 0.29) is 11.0 Å². The molecule has 0 saturated carbocycles. The second-order valence-electron chi connectivity index (χ2n) is 9.02. The Labute approximate surface area is 171 Å². The Bertz CT molecular complexity index is 938. The van der Waals surface area contributed by atoms with Crippen molar-refractivity contribution >= 4 is 34.7 Å². The molecule has 0 aliphatic carbocycles. The first-order valence-corrected chi connectivity index (χ1v) is 9.98. The Morgan fingerprint density at radius 1 is 1.04 bits per heavy atom. The number of hydrogen-bond acceptors (Lipinski definition) is 2. The minimum atomic E-state index is -0.117. The Balaban J connectivity index is 2.08. The number of hydrogen-bond donors (Lipinski definition) is 1. The number of nitrogens with one attached hydrogen (secondary N) is 1. The van der Waals surface area contributed by atoms with Crippen LogP contribution in [0, 0.1) is 5.41 Å². The lowest BCUT2D eigenvalue weighted by molar-refractivity contribution is 0.302. The van der Waals surface area contributed by atoms with Gasteiger partial charge in [0.25, 0.3) is 0 Å². The van der Waals surface area contributed by atoms with E-state index in [4.69, 9.17) is 28.2 Å². The molecule has 0 radical (unpaired) electrons. The third kappa shape index (κ3) is 4.97. The van der Waals surface area contributed by atoms with E-state index in [2.05, 4.69) is 52.1 Å². The number of aromatic nitrogens is 2. The van der Waals surface area contributed by atoms with E-state index in [1.807, 2.05) is 28.8 Å². The molecule has 0 unspecified atom stereocenters. The van der Waals surface area contributed by atoms with Crippen LogP contribution in [0.4, 0.5) is 5.82 Å². The van der Waals surface area contributed by atoms with Crippen LogP contribution in [-0.2, 0) is 6.42 Å². The fraction of sp³-hybridized carbons (Fsp3) is 0.409. The molecule has 0 saturated heterocycles. The van der Waals surface area contributed by atoms with E-state index in [0.717, 1.165) is 30.0 Å². The van der Waals surface area contributed by atoms with Gasteiger partial charge in [0.2, 0.25) is 0 Å². The average Bonchev–Trinajstić information content (AvgIpc) is 2.84. The highest BCUT2D eigenvalue weighted by atomic mass is 35.5. The first kappa shape index (κ1) is 20.0. The van der Waals surface area contributed by atoms with Crippen LogP contribution in [0.5, 0.6) is 0 Å². The topological polar surface area (TPSA) is 29.3 Å². The third-order valence-electron chi connectivity index (χ3n) is 4.36. The van der Waals surface area contributed by atoms with Crippen molar-refractivity contribution in [3.63, 3.8) is 0 Å². The molecule has 3 aromatic rings. The smallest absolute Gasteiger partial charge is 0.157 e. The van der Waals surface area contributed by atoms with E-state index in [1.54, 1.807) is 6.07 Å². The highest BCUT2D eigenvalue weighted by Crippen LogP contribution is 2.34. The molecule has 2 heterocycles. The van der Waals surface area contributed by atoms with Gasteiger partial charge in [-0.05, 0) is 37.3 Å². The lowest BCUT2D eigenvalue weighted by Crippen LogP contribution is -2.36. The number of fused-ring (bicyclic) bond motifs is 1. The molecule has 2 aromatic heterocycles. The highest BCUT2D eigenvalue weighted by molar-refractivity contribution is 6.36. The summed E-state index contributed by atoms with van der Waals surface area (Å²) in [4.78, 5) is 4.84. The summed E-state index contributed by atoms with van der Waals surface area (Å²) in [6, 6.07) is 12.1. The van der Waals surface area contributed by atoms with Crippen molar-refractivity contribution in [1.82, 2.24) is 9.38 Å². The van der Waals surface area contributed by atoms with Crippen molar-refractivity contribution < 1.29 is 0 Å². The van der Waals surface area contributed by atoms with Gasteiger partial charge >= 0.3 is 0 Å². The minimum Gasteiger partial charge on any atom is -0.365 e. The lowest BCUT2D eigenvalue weighted by Gasteiger charge is -2.34. The summed E-state index contributed by atoms with van der Waals surface area (Å²) in [6.07, 6.45) is 3.61. The van der Waals surface area contributed by atoms with Gasteiger partial charge in [0.1, 0.15) is 5.82 Å². The molecule has 3 rings (SSSR count). The molecule has 0 fully saturated rings. The molecule has 5 heteroatoms.